The van der Waals surface area contributed by atoms with Crippen molar-refractivity contribution >= 4 is 0 Å². The highest BCUT2D eigenvalue weighted by molar-refractivity contribution is 5.64. The van der Waals surface area contributed by atoms with Gasteiger partial charge in [-0.1, -0.05) is 12.2 Å². The van der Waals surface area contributed by atoms with Crippen LogP contribution in [-0.2, 0) is 0 Å². The van der Waals surface area contributed by atoms with Gasteiger partial charge in [0.2, 0.25) is 0 Å². The zero-order valence-electron chi connectivity index (χ0n) is 14.6. The summed E-state index contributed by atoms with van der Waals surface area (Å²) in [5, 5.41) is 0. The maximum absolute atomic E-state index is 14.1. The third-order valence-corrected chi connectivity index (χ3v) is 4.13. The first kappa shape index (κ1) is 24.1. The topological polar surface area (TPSA) is 104 Å². The monoisotopic (exact) mass is 452 g/mol. The fourth-order valence-corrected chi connectivity index (χ4v) is 2.68. The second-order valence-electron chi connectivity index (χ2n) is 6.75. The van der Waals surface area contributed by atoms with Crippen molar-refractivity contribution in [3.05, 3.63) is 58.7 Å². The maximum atomic E-state index is 14.1. The molecular formula is C16H14F10N4. The molecule has 2 aliphatic rings. The van der Waals surface area contributed by atoms with E-state index in [-0.39, 0.29) is 12.2 Å². The molecule has 0 spiro atoms. The lowest BCUT2D eigenvalue weighted by Crippen LogP contribution is -2.51. The zero-order chi connectivity index (χ0) is 23.6. The fourth-order valence-electron chi connectivity index (χ4n) is 2.68. The molecule has 8 N–H and O–H groups in total. The molecule has 0 saturated heterocycles. The summed E-state index contributed by atoms with van der Waals surface area (Å²) >= 11 is 0. The maximum Gasteiger partial charge on any atom is 0.458 e. The average Bonchev–Trinajstić information content (AvgIpc) is 2.51. The van der Waals surface area contributed by atoms with Gasteiger partial charge in [0.15, 0.2) is 0 Å². The molecule has 0 aromatic carbocycles. The van der Waals surface area contributed by atoms with Crippen molar-refractivity contribution in [3.63, 3.8) is 0 Å². The Hall–Kier alpha value is -2.16. The molecule has 4 nitrogen and oxygen atoms in total. The summed E-state index contributed by atoms with van der Waals surface area (Å²) in [4.78, 5) is 0. The minimum atomic E-state index is -6.24. The van der Waals surface area contributed by atoms with Crippen LogP contribution >= 0.6 is 0 Å². The van der Waals surface area contributed by atoms with Crippen LogP contribution < -0.4 is 22.9 Å². The van der Waals surface area contributed by atoms with Crippen LogP contribution in [0.3, 0.4) is 0 Å². The molecule has 0 saturated carbocycles. The number of hydrogen-bond acceptors (Lipinski definition) is 4. The predicted octanol–water partition coefficient (Wildman–Crippen LogP) is 2.90. The highest BCUT2D eigenvalue weighted by Gasteiger charge is 2.63. The molecule has 0 radical (unpaired) electrons. The minimum absolute atomic E-state index is 0.0206. The summed E-state index contributed by atoms with van der Waals surface area (Å²) < 4.78 is 134. The summed E-state index contributed by atoms with van der Waals surface area (Å²) in [6, 6.07) is 0. The highest BCUT2D eigenvalue weighted by atomic mass is 19.4. The Morgan fingerprint density at radius 1 is 0.533 bits per heavy atom. The van der Waals surface area contributed by atoms with Gasteiger partial charge in [-0.2, -0.15) is 43.9 Å². The van der Waals surface area contributed by atoms with Crippen molar-refractivity contribution in [2.75, 3.05) is 0 Å². The quantitative estimate of drug-likeness (QED) is 0.382. The van der Waals surface area contributed by atoms with Gasteiger partial charge in [0, 0.05) is 11.1 Å². The van der Waals surface area contributed by atoms with E-state index < -0.39 is 57.8 Å². The van der Waals surface area contributed by atoms with E-state index in [2.05, 4.69) is 0 Å². The van der Waals surface area contributed by atoms with Crippen molar-refractivity contribution in [2.45, 2.75) is 35.5 Å². The summed E-state index contributed by atoms with van der Waals surface area (Å²) in [7, 11) is 0. The lowest BCUT2D eigenvalue weighted by molar-refractivity contribution is -0.264. The third-order valence-electron chi connectivity index (χ3n) is 4.13. The van der Waals surface area contributed by atoms with Gasteiger partial charge in [0.1, 0.15) is 11.3 Å². The van der Waals surface area contributed by atoms with Crippen LogP contribution in [0.25, 0.3) is 0 Å². The van der Waals surface area contributed by atoms with Gasteiger partial charge >= 0.3 is 24.2 Å². The lowest BCUT2D eigenvalue weighted by Gasteiger charge is -2.34. The Morgan fingerprint density at radius 3 is 1.03 bits per heavy atom. The molecule has 0 bridgehead atoms. The van der Waals surface area contributed by atoms with Crippen LogP contribution in [0.15, 0.2) is 58.7 Å². The van der Waals surface area contributed by atoms with Gasteiger partial charge in [0.25, 0.3) is 0 Å². The van der Waals surface area contributed by atoms with E-state index in [1.165, 1.54) is 0 Å². The van der Waals surface area contributed by atoms with Gasteiger partial charge in [-0.05, 0) is 35.5 Å². The molecule has 0 fully saturated rings. The summed E-state index contributed by atoms with van der Waals surface area (Å²) in [6.07, 6.45) is -10.4. The molecule has 0 atom stereocenters. The zero-order valence-corrected chi connectivity index (χ0v) is 14.6. The summed E-state index contributed by atoms with van der Waals surface area (Å²) in [5.74, 6) is -11.4. The molecule has 168 valence electrons. The van der Waals surface area contributed by atoms with E-state index in [1.807, 2.05) is 0 Å². The van der Waals surface area contributed by atoms with Gasteiger partial charge in [-0.25, -0.2) is 0 Å². The largest absolute Gasteiger partial charge is 0.458 e. The Balaban J connectivity index is 2.88. The molecule has 0 aliphatic heterocycles. The van der Waals surface area contributed by atoms with Crippen LogP contribution in [0.5, 0.6) is 0 Å². The number of nitrogens with two attached hydrogens (primary N) is 4. The summed E-state index contributed by atoms with van der Waals surface area (Å²) in [5.41, 5.74) is 9.92. The van der Waals surface area contributed by atoms with Gasteiger partial charge in [-0.3, -0.25) is 0 Å². The third kappa shape index (κ3) is 4.17. The van der Waals surface area contributed by atoms with Gasteiger partial charge < -0.3 is 22.9 Å². The van der Waals surface area contributed by atoms with Crippen LogP contribution in [-0.4, -0.2) is 35.5 Å². The normalized spacial score (nSPS) is 24.6. The first-order valence-electron chi connectivity index (χ1n) is 7.77. The molecule has 2 aliphatic carbocycles. The smallest absolute Gasteiger partial charge is 0.307 e. The highest BCUT2D eigenvalue weighted by Crippen LogP contribution is 2.51. The Kier molecular flexibility index (Phi) is 5.36. The molecule has 2 rings (SSSR count). The van der Waals surface area contributed by atoms with Crippen molar-refractivity contribution in [2.24, 2.45) is 22.9 Å². The van der Waals surface area contributed by atoms with Crippen molar-refractivity contribution in [1.82, 2.24) is 0 Å². The van der Waals surface area contributed by atoms with E-state index in [0.29, 0.717) is 24.3 Å². The Bertz CT molecular complexity index is 811. The molecule has 0 aromatic rings. The SMILES string of the molecule is NC1(N)C=CC(=C2C=CC(N)(N)C=C2C(F)(F)C(F)(F)F)C(C(F)(F)C(F)(F)F)=C1. The predicted molar refractivity (Wildman–Crippen MR) is 85.7 cm³/mol. The van der Waals surface area contributed by atoms with E-state index in [1.54, 1.807) is 0 Å². The van der Waals surface area contributed by atoms with Crippen LogP contribution in [0, 0.1) is 0 Å². The van der Waals surface area contributed by atoms with E-state index in [0.717, 1.165) is 0 Å². The second-order valence-corrected chi connectivity index (χ2v) is 6.75. The Morgan fingerprint density at radius 2 is 0.800 bits per heavy atom. The number of hydrogen-bond donors (Lipinski definition) is 4. The number of halogens is 10. The first-order chi connectivity index (χ1) is 13.1. The van der Waals surface area contributed by atoms with Crippen molar-refractivity contribution < 1.29 is 43.9 Å². The van der Waals surface area contributed by atoms with Gasteiger partial charge in [-0.15, -0.1) is 0 Å². The summed E-state index contributed by atoms with van der Waals surface area (Å²) in [6.45, 7) is 0. The second kappa shape index (κ2) is 6.67. The van der Waals surface area contributed by atoms with Gasteiger partial charge in [0.05, 0.1) is 0 Å². The molecular weight excluding hydrogens is 438 g/mol. The molecule has 0 unspecified atom stereocenters. The number of alkyl halides is 10. The van der Waals surface area contributed by atoms with E-state index in [9.17, 15) is 43.9 Å². The van der Waals surface area contributed by atoms with Crippen molar-refractivity contribution in [1.29, 1.82) is 0 Å². The standard InChI is InChI=1S/C16H14F10N4/c17-13(18,15(21,22)23)9-5-11(27,28)3-1-7(9)8-2-4-12(29,30)6-10(8)14(19,20)16(24,25)26/h1-6H,27-30H2. The number of rotatable bonds is 2. The number of allylic oxidation sites excluding steroid dienone is 6. The average molecular weight is 452 g/mol. The van der Waals surface area contributed by atoms with Crippen LogP contribution in [0.1, 0.15) is 0 Å². The minimum Gasteiger partial charge on any atom is -0.307 e. The molecule has 0 amide bonds. The van der Waals surface area contributed by atoms with E-state index in [4.69, 9.17) is 22.9 Å². The Labute approximate surface area is 162 Å². The molecule has 14 heteroatoms. The van der Waals surface area contributed by atoms with Crippen LogP contribution in [0.2, 0.25) is 0 Å². The van der Waals surface area contributed by atoms with E-state index >= 15 is 0 Å². The fraction of sp³-hybridized carbons (Fsp3) is 0.375. The van der Waals surface area contributed by atoms with Crippen molar-refractivity contribution in [3.8, 4) is 0 Å². The molecule has 0 aromatic heterocycles. The first-order valence-corrected chi connectivity index (χ1v) is 7.77. The van der Waals surface area contributed by atoms with Crippen LogP contribution in [0.4, 0.5) is 43.9 Å². The lowest BCUT2D eigenvalue weighted by atomic mass is 9.80. The molecule has 0 heterocycles. The molecule has 30 heavy (non-hydrogen) atoms.